The molecule has 0 unspecified atom stereocenters. The molecule has 1 radical (unpaired) electrons. The first-order chi connectivity index (χ1) is 23.3. The third-order valence-corrected chi connectivity index (χ3v) is 11.3. The predicted molar refractivity (Wildman–Crippen MR) is 198 cm³/mol. The van der Waals surface area contributed by atoms with Gasteiger partial charge in [-0.15, -0.1) is 59.7 Å². The topological polar surface area (TPSA) is 38.9 Å². The van der Waals surface area contributed by atoms with Crippen molar-refractivity contribution in [1.29, 1.82) is 0 Å². The van der Waals surface area contributed by atoms with Crippen molar-refractivity contribution in [2.24, 2.45) is 5.92 Å². The summed E-state index contributed by atoms with van der Waals surface area (Å²) in [5.41, 5.74) is 9.10. The zero-order chi connectivity index (χ0) is 33.1. The number of furan rings is 1. The molecule has 7 aromatic rings. The fraction of sp³-hybridized carbons (Fsp3) is 0.209. The summed E-state index contributed by atoms with van der Waals surface area (Å²) >= 11 is 0. The summed E-state index contributed by atoms with van der Waals surface area (Å²) < 4.78 is 19.2. The van der Waals surface area contributed by atoms with Gasteiger partial charge >= 0.3 is 0 Å². The van der Waals surface area contributed by atoms with Gasteiger partial charge in [-0.3, -0.25) is 0 Å². The van der Waals surface area contributed by atoms with E-state index in [1.165, 1.54) is 59.7 Å². The molecule has 49 heavy (non-hydrogen) atoms. The molecular weight excluding hydrogens is 800 g/mol. The number of pyridine rings is 2. The summed E-state index contributed by atoms with van der Waals surface area (Å²) in [5, 5.41) is 3.29. The van der Waals surface area contributed by atoms with E-state index >= 15 is 0 Å². The fourth-order valence-corrected chi connectivity index (χ4v) is 8.22. The fourth-order valence-electron chi connectivity index (χ4n) is 6.75. The minimum atomic E-state index is -1.46. The molecule has 4 aromatic carbocycles. The molecule has 0 atom stereocenters. The van der Waals surface area contributed by atoms with Crippen molar-refractivity contribution in [2.75, 3.05) is 0 Å². The Balaban J connectivity index is 0.000000169. The van der Waals surface area contributed by atoms with E-state index in [9.17, 15) is 4.39 Å². The molecule has 8 rings (SSSR count). The molecule has 1 saturated carbocycles. The molecule has 3 aromatic heterocycles. The SMILES string of the molecule is C[Si](C)(C)c1cnc(-c2[c-]cccc2)cc1-c1ccccc1.Fc1ccc2c(c1)oc1c[c-]c(-c3cc(CC4CCCC4)ccn3)cc12.[Ir]. The second kappa shape index (κ2) is 15.1. The van der Waals surface area contributed by atoms with E-state index in [0.29, 0.717) is 5.58 Å². The maximum atomic E-state index is 13.4. The van der Waals surface area contributed by atoms with Crippen LogP contribution in [0.1, 0.15) is 31.2 Å². The summed E-state index contributed by atoms with van der Waals surface area (Å²) in [6.45, 7) is 7.10. The van der Waals surface area contributed by atoms with E-state index in [4.69, 9.17) is 9.40 Å². The number of rotatable bonds is 6. The molecule has 1 aliphatic carbocycles. The Morgan fingerprint density at radius 3 is 2.31 bits per heavy atom. The van der Waals surface area contributed by atoms with Gasteiger partial charge in [0.25, 0.3) is 0 Å². The molecule has 1 fully saturated rings. The maximum Gasteiger partial charge on any atom is 0.126 e. The van der Waals surface area contributed by atoms with Crippen molar-refractivity contribution in [3.05, 3.63) is 139 Å². The number of nitrogens with zero attached hydrogens (tertiary/aromatic N) is 2. The Morgan fingerprint density at radius 2 is 1.55 bits per heavy atom. The third kappa shape index (κ3) is 7.99. The quantitative estimate of drug-likeness (QED) is 0.124. The van der Waals surface area contributed by atoms with E-state index in [1.807, 2.05) is 36.5 Å². The van der Waals surface area contributed by atoms with E-state index in [-0.39, 0.29) is 25.9 Å². The molecule has 0 bridgehead atoms. The molecule has 3 nitrogen and oxygen atoms in total. The minimum absolute atomic E-state index is 0. The first kappa shape index (κ1) is 34.6. The molecule has 249 valence electrons. The van der Waals surface area contributed by atoms with Crippen LogP contribution in [0.4, 0.5) is 4.39 Å². The zero-order valence-corrected chi connectivity index (χ0v) is 31.5. The molecule has 0 spiro atoms. The summed E-state index contributed by atoms with van der Waals surface area (Å²) in [7, 11) is -1.46. The molecular formula is C43H39FIrN2OSi-2. The van der Waals surface area contributed by atoms with Gasteiger partial charge in [0, 0.05) is 44.0 Å². The van der Waals surface area contributed by atoms with Crippen LogP contribution in [0.25, 0.3) is 55.6 Å². The van der Waals surface area contributed by atoms with Crippen molar-refractivity contribution in [3.8, 4) is 33.6 Å². The second-order valence-electron chi connectivity index (χ2n) is 13.8. The van der Waals surface area contributed by atoms with Gasteiger partial charge < -0.3 is 14.4 Å². The van der Waals surface area contributed by atoms with E-state index in [2.05, 4.69) is 97.6 Å². The van der Waals surface area contributed by atoms with Gasteiger partial charge in [-0.05, 0) is 58.2 Å². The molecule has 1 aliphatic rings. The summed E-state index contributed by atoms with van der Waals surface area (Å²) in [4.78, 5) is 9.25. The summed E-state index contributed by atoms with van der Waals surface area (Å²) in [6, 6.07) is 40.2. The van der Waals surface area contributed by atoms with Gasteiger partial charge in [-0.25, -0.2) is 4.39 Å². The van der Waals surface area contributed by atoms with Crippen LogP contribution in [0.5, 0.6) is 0 Å². The molecule has 0 N–H and O–H groups in total. The first-order valence-electron chi connectivity index (χ1n) is 16.8. The van der Waals surface area contributed by atoms with Crippen LogP contribution in [0.15, 0.2) is 120 Å². The molecule has 0 aliphatic heterocycles. The Kier molecular flexibility index (Phi) is 10.7. The van der Waals surface area contributed by atoms with Gasteiger partial charge in [0.1, 0.15) is 11.4 Å². The minimum Gasteiger partial charge on any atom is -0.500 e. The number of hydrogen-bond donors (Lipinski definition) is 0. The Labute approximate surface area is 303 Å². The average molecular weight is 839 g/mol. The van der Waals surface area contributed by atoms with Crippen LogP contribution < -0.4 is 5.19 Å². The van der Waals surface area contributed by atoms with Gasteiger partial charge in [0.05, 0.1) is 13.7 Å². The predicted octanol–water partition coefficient (Wildman–Crippen LogP) is 11.1. The number of benzene rings is 4. The maximum absolute atomic E-state index is 13.4. The average Bonchev–Trinajstić information content (AvgIpc) is 3.75. The standard InChI is InChI=1S/C23H19FNO.C20H20NSi.Ir/c24-18-6-7-19-20-13-17(5-8-22(20)26-23(19)14-18)21-12-16(9-10-25-21)11-15-3-1-2-4-15;1-22(2,3)20-15-21-19(17-12-8-5-9-13-17)14-18(20)16-10-6-4-7-11-16;/h6-10,12-15H,1-4,11H2;4-12,14-15H,1-3H3;/q2*-1;. The van der Waals surface area contributed by atoms with Crippen molar-refractivity contribution in [2.45, 2.75) is 51.7 Å². The first-order valence-corrected chi connectivity index (χ1v) is 20.3. The molecule has 3 heterocycles. The van der Waals surface area contributed by atoms with Crippen LogP contribution in [0.3, 0.4) is 0 Å². The Hall–Kier alpha value is -4.22. The van der Waals surface area contributed by atoms with E-state index < -0.39 is 8.07 Å². The van der Waals surface area contributed by atoms with Gasteiger partial charge in [-0.2, -0.15) is 0 Å². The molecule has 6 heteroatoms. The van der Waals surface area contributed by atoms with Crippen molar-refractivity contribution >= 4 is 35.2 Å². The Morgan fingerprint density at radius 1 is 0.776 bits per heavy atom. The van der Waals surface area contributed by atoms with Crippen molar-refractivity contribution in [3.63, 3.8) is 0 Å². The van der Waals surface area contributed by atoms with Crippen LogP contribution in [-0.2, 0) is 26.5 Å². The second-order valence-corrected chi connectivity index (χ2v) is 18.8. The monoisotopic (exact) mass is 839 g/mol. The van der Waals surface area contributed by atoms with E-state index in [0.717, 1.165) is 51.2 Å². The molecule has 0 amide bonds. The number of halogens is 1. The smallest absolute Gasteiger partial charge is 0.126 e. The van der Waals surface area contributed by atoms with Gasteiger partial charge in [-0.1, -0.05) is 98.7 Å². The van der Waals surface area contributed by atoms with Crippen LogP contribution in [0, 0.1) is 23.9 Å². The normalized spacial score (nSPS) is 13.2. The van der Waals surface area contributed by atoms with Crippen LogP contribution >= 0.6 is 0 Å². The summed E-state index contributed by atoms with van der Waals surface area (Å²) in [5.74, 6) is 0.520. The number of aromatic nitrogens is 2. The van der Waals surface area contributed by atoms with Gasteiger partial charge in [0.15, 0.2) is 0 Å². The third-order valence-electron chi connectivity index (χ3n) is 9.25. The number of fused-ring (bicyclic) bond motifs is 3. The molecule has 0 saturated heterocycles. The van der Waals surface area contributed by atoms with Crippen LogP contribution in [0.2, 0.25) is 19.6 Å². The Bertz CT molecular complexity index is 2170. The largest absolute Gasteiger partial charge is 0.500 e. The summed E-state index contributed by atoms with van der Waals surface area (Å²) in [6.07, 6.45) is 10.5. The van der Waals surface area contributed by atoms with Crippen LogP contribution in [-0.4, -0.2) is 18.0 Å². The van der Waals surface area contributed by atoms with Gasteiger partial charge in [0.2, 0.25) is 0 Å². The zero-order valence-electron chi connectivity index (χ0n) is 28.1. The van der Waals surface area contributed by atoms with Crippen molar-refractivity contribution < 1.29 is 28.9 Å². The number of hydrogen-bond acceptors (Lipinski definition) is 3. The van der Waals surface area contributed by atoms with E-state index in [1.54, 1.807) is 6.07 Å². The van der Waals surface area contributed by atoms with Crippen molar-refractivity contribution in [1.82, 2.24) is 9.97 Å².